The Hall–Kier alpha value is -2.27. The third kappa shape index (κ3) is 2.85. The average Bonchev–Trinajstić information content (AvgIpc) is 2.38. The molecule has 0 amide bonds. The predicted octanol–water partition coefficient (Wildman–Crippen LogP) is 3.45. The third-order valence-electron chi connectivity index (χ3n) is 2.52. The fourth-order valence-corrected chi connectivity index (χ4v) is 1.53. The number of hydrogen-bond donors (Lipinski definition) is 0. The fourth-order valence-electron chi connectivity index (χ4n) is 1.53. The van der Waals surface area contributed by atoms with Gasteiger partial charge in [0, 0.05) is 0 Å². The van der Waals surface area contributed by atoms with Crippen LogP contribution in [0.2, 0.25) is 0 Å². The number of benzene rings is 2. The van der Waals surface area contributed by atoms with Gasteiger partial charge in [-0.05, 0) is 24.6 Å². The second-order valence-electron chi connectivity index (χ2n) is 3.88. The van der Waals surface area contributed by atoms with Crippen LogP contribution in [0.5, 0.6) is 5.75 Å². The van der Waals surface area contributed by atoms with Crippen molar-refractivity contribution in [2.45, 2.75) is 13.5 Å². The van der Waals surface area contributed by atoms with Crippen molar-refractivity contribution in [3.63, 3.8) is 0 Å². The maximum atomic E-state index is 8.92. The van der Waals surface area contributed by atoms with Gasteiger partial charge in [-0.2, -0.15) is 5.26 Å². The van der Waals surface area contributed by atoms with Crippen molar-refractivity contribution in [1.29, 1.82) is 5.26 Å². The molecule has 2 aromatic carbocycles. The first-order valence-electron chi connectivity index (χ1n) is 5.47. The lowest BCUT2D eigenvalue weighted by Gasteiger charge is -2.07. The van der Waals surface area contributed by atoms with E-state index in [-0.39, 0.29) is 0 Å². The molecule has 0 fully saturated rings. The first-order valence-corrected chi connectivity index (χ1v) is 5.47. The van der Waals surface area contributed by atoms with Gasteiger partial charge in [-0.3, -0.25) is 0 Å². The Morgan fingerprint density at radius 1 is 1.06 bits per heavy atom. The van der Waals surface area contributed by atoms with Gasteiger partial charge in [-0.15, -0.1) is 0 Å². The second-order valence-corrected chi connectivity index (χ2v) is 3.88. The van der Waals surface area contributed by atoms with Crippen molar-refractivity contribution in [3.05, 3.63) is 65.2 Å². The summed E-state index contributed by atoms with van der Waals surface area (Å²) in [5.41, 5.74) is 2.90. The van der Waals surface area contributed by atoms with Gasteiger partial charge in [0.15, 0.2) is 0 Å². The molecule has 17 heavy (non-hydrogen) atoms. The number of ether oxygens (including phenoxy) is 1. The van der Waals surface area contributed by atoms with E-state index < -0.39 is 0 Å². The second kappa shape index (κ2) is 5.18. The number of hydrogen-bond acceptors (Lipinski definition) is 2. The minimum atomic E-state index is 0.485. The van der Waals surface area contributed by atoms with Crippen LogP contribution in [0.4, 0.5) is 0 Å². The van der Waals surface area contributed by atoms with Gasteiger partial charge >= 0.3 is 0 Å². The molecule has 0 saturated carbocycles. The molecular formula is C15H13NO. The van der Waals surface area contributed by atoms with Crippen molar-refractivity contribution in [3.8, 4) is 11.8 Å². The van der Waals surface area contributed by atoms with Gasteiger partial charge in [0.25, 0.3) is 0 Å². The lowest BCUT2D eigenvalue weighted by molar-refractivity contribution is 0.305. The first-order chi connectivity index (χ1) is 8.29. The molecule has 0 aliphatic rings. The summed E-state index contributed by atoms with van der Waals surface area (Å²) in [6.45, 7) is 2.54. The summed E-state index contributed by atoms with van der Waals surface area (Å²) < 4.78 is 5.63. The maximum absolute atomic E-state index is 8.92. The van der Waals surface area contributed by atoms with E-state index in [4.69, 9.17) is 10.00 Å². The van der Waals surface area contributed by atoms with Crippen molar-refractivity contribution >= 4 is 0 Å². The molecule has 0 unspecified atom stereocenters. The summed E-state index contributed by atoms with van der Waals surface area (Å²) in [6, 6.07) is 17.5. The zero-order chi connectivity index (χ0) is 12.1. The van der Waals surface area contributed by atoms with Crippen LogP contribution in [0, 0.1) is 18.3 Å². The molecule has 2 nitrogen and oxygen atoms in total. The summed E-state index contributed by atoms with van der Waals surface area (Å²) in [5.74, 6) is 0.635. The largest absolute Gasteiger partial charge is 0.488 e. The van der Waals surface area contributed by atoms with E-state index in [9.17, 15) is 0 Å². The van der Waals surface area contributed by atoms with Crippen LogP contribution in [-0.2, 0) is 6.61 Å². The molecular weight excluding hydrogens is 210 g/mol. The summed E-state index contributed by atoms with van der Waals surface area (Å²) in [6.07, 6.45) is 0. The molecule has 2 rings (SSSR count). The molecule has 0 bridgehead atoms. The molecule has 0 atom stereocenters. The van der Waals surface area contributed by atoms with Crippen molar-refractivity contribution in [1.82, 2.24) is 0 Å². The van der Waals surface area contributed by atoms with Gasteiger partial charge in [0.05, 0.1) is 5.56 Å². The molecule has 0 spiro atoms. The number of rotatable bonds is 3. The van der Waals surface area contributed by atoms with Crippen molar-refractivity contribution in [2.24, 2.45) is 0 Å². The molecule has 0 aliphatic carbocycles. The highest BCUT2D eigenvalue weighted by Gasteiger charge is 2.01. The Kier molecular flexibility index (Phi) is 3.42. The van der Waals surface area contributed by atoms with Gasteiger partial charge in [-0.1, -0.05) is 42.0 Å². The Morgan fingerprint density at radius 2 is 1.76 bits per heavy atom. The van der Waals surface area contributed by atoms with E-state index in [2.05, 4.69) is 25.1 Å². The summed E-state index contributed by atoms with van der Waals surface area (Å²) in [4.78, 5) is 0. The highest BCUT2D eigenvalue weighted by atomic mass is 16.5. The Labute approximate surface area is 101 Å². The molecule has 0 radical (unpaired) electrons. The quantitative estimate of drug-likeness (QED) is 0.798. The molecule has 0 saturated heterocycles. The fraction of sp³-hybridized carbons (Fsp3) is 0.133. The Morgan fingerprint density at radius 3 is 2.47 bits per heavy atom. The summed E-state index contributed by atoms with van der Waals surface area (Å²) in [7, 11) is 0. The minimum absolute atomic E-state index is 0.485. The first kappa shape index (κ1) is 11.2. The number of nitriles is 1. The molecule has 0 aliphatic heterocycles. The Bertz CT molecular complexity index is 538. The molecule has 0 aromatic heterocycles. The topological polar surface area (TPSA) is 33.0 Å². The predicted molar refractivity (Wildman–Crippen MR) is 66.7 cm³/mol. The van der Waals surface area contributed by atoms with Crippen LogP contribution in [0.1, 0.15) is 16.7 Å². The molecule has 0 N–H and O–H groups in total. The molecule has 84 valence electrons. The lowest BCUT2D eigenvalue weighted by atomic mass is 10.1. The Balaban J connectivity index is 2.08. The van der Waals surface area contributed by atoms with E-state index in [0.717, 1.165) is 5.56 Å². The van der Waals surface area contributed by atoms with Crippen LogP contribution < -0.4 is 4.74 Å². The van der Waals surface area contributed by atoms with Crippen LogP contribution in [0.15, 0.2) is 48.5 Å². The van der Waals surface area contributed by atoms with E-state index in [0.29, 0.717) is 17.9 Å². The average molecular weight is 223 g/mol. The van der Waals surface area contributed by atoms with Crippen LogP contribution in [0.25, 0.3) is 0 Å². The highest BCUT2D eigenvalue weighted by molar-refractivity contribution is 5.42. The zero-order valence-electron chi connectivity index (χ0n) is 9.68. The lowest BCUT2D eigenvalue weighted by Crippen LogP contribution is -1.97. The van der Waals surface area contributed by atoms with E-state index in [1.807, 2.05) is 30.3 Å². The van der Waals surface area contributed by atoms with Crippen molar-refractivity contribution < 1.29 is 4.74 Å². The zero-order valence-corrected chi connectivity index (χ0v) is 9.68. The van der Waals surface area contributed by atoms with Gasteiger partial charge in [0.1, 0.15) is 18.4 Å². The maximum Gasteiger partial charge on any atom is 0.137 e. The van der Waals surface area contributed by atoms with E-state index in [1.165, 1.54) is 5.56 Å². The van der Waals surface area contributed by atoms with Gasteiger partial charge < -0.3 is 4.74 Å². The summed E-state index contributed by atoms with van der Waals surface area (Å²) in [5, 5.41) is 8.92. The normalized spacial score (nSPS) is 9.65. The number of aryl methyl sites for hydroxylation is 1. The standard InChI is InChI=1S/C15H13NO/c1-12-6-8-13(9-7-12)11-17-15-5-3-2-4-14(15)10-16/h2-9H,11H2,1H3. The number of nitrogens with zero attached hydrogens (tertiary/aromatic N) is 1. The van der Waals surface area contributed by atoms with E-state index >= 15 is 0 Å². The van der Waals surface area contributed by atoms with Crippen molar-refractivity contribution in [2.75, 3.05) is 0 Å². The molecule has 2 aromatic rings. The summed E-state index contributed by atoms with van der Waals surface area (Å²) >= 11 is 0. The highest BCUT2D eigenvalue weighted by Crippen LogP contribution is 2.18. The monoisotopic (exact) mass is 223 g/mol. The van der Waals surface area contributed by atoms with Crippen LogP contribution >= 0.6 is 0 Å². The van der Waals surface area contributed by atoms with E-state index in [1.54, 1.807) is 6.07 Å². The number of para-hydroxylation sites is 1. The molecule has 2 heteroatoms. The van der Waals surface area contributed by atoms with Crippen LogP contribution in [0.3, 0.4) is 0 Å². The van der Waals surface area contributed by atoms with Crippen LogP contribution in [-0.4, -0.2) is 0 Å². The van der Waals surface area contributed by atoms with Gasteiger partial charge in [0.2, 0.25) is 0 Å². The smallest absolute Gasteiger partial charge is 0.137 e. The SMILES string of the molecule is Cc1ccc(COc2ccccc2C#N)cc1. The minimum Gasteiger partial charge on any atom is -0.488 e. The molecule has 0 heterocycles. The van der Waals surface area contributed by atoms with Gasteiger partial charge in [-0.25, -0.2) is 0 Å². The third-order valence-corrected chi connectivity index (χ3v) is 2.52.